The molecule has 6 aliphatic rings. The van der Waals surface area contributed by atoms with Gasteiger partial charge in [-0.3, -0.25) is 16.0 Å². The maximum atomic E-state index is 3.98. The largest absolute Gasteiger partial charge is 0.282 e. The Balaban J connectivity index is 1.08. The van der Waals surface area contributed by atoms with E-state index in [2.05, 4.69) is 133 Å². The second-order valence-electron chi connectivity index (χ2n) is 15.3. The number of hydrogen-bond acceptors (Lipinski definition) is 3. The van der Waals surface area contributed by atoms with Crippen LogP contribution in [0.25, 0.3) is 5.57 Å². The zero-order valence-corrected chi connectivity index (χ0v) is 26.8. The molecule has 3 aromatic rings. The summed E-state index contributed by atoms with van der Waals surface area (Å²) in [4.78, 5) is 0. The van der Waals surface area contributed by atoms with Crippen molar-refractivity contribution >= 4 is 5.57 Å². The summed E-state index contributed by atoms with van der Waals surface area (Å²) in [5, 5.41) is 11.8. The number of benzene rings is 3. The van der Waals surface area contributed by atoms with Gasteiger partial charge in [-0.2, -0.15) is 0 Å². The topological polar surface area (TPSA) is 36.1 Å². The molecule has 0 aromatic heterocycles. The van der Waals surface area contributed by atoms with Gasteiger partial charge in [0.2, 0.25) is 0 Å². The zero-order valence-electron chi connectivity index (χ0n) is 26.8. The molecule has 3 heteroatoms. The predicted molar refractivity (Wildman–Crippen MR) is 184 cm³/mol. The molecule has 2 fully saturated rings. The van der Waals surface area contributed by atoms with Crippen LogP contribution >= 0.6 is 0 Å². The summed E-state index contributed by atoms with van der Waals surface area (Å²) in [6.07, 6.45) is 21.4. The molecule has 7 unspecified atom stereocenters. The Morgan fingerprint density at radius 2 is 1.51 bits per heavy atom. The van der Waals surface area contributed by atoms with Crippen molar-refractivity contribution in [3.05, 3.63) is 137 Å². The number of nitrogens with one attached hydrogen (secondary N) is 3. The number of rotatable bonds is 3. The Hall–Kier alpha value is -3.24. The molecule has 45 heavy (non-hydrogen) atoms. The lowest BCUT2D eigenvalue weighted by Gasteiger charge is -2.46. The minimum Gasteiger partial charge on any atom is -0.282 e. The van der Waals surface area contributed by atoms with Gasteiger partial charge in [0.1, 0.15) is 0 Å². The van der Waals surface area contributed by atoms with Crippen LogP contribution in [0.3, 0.4) is 0 Å². The molecule has 1 saturated carbocycles. The first-order valence-corrected chi connectivity index (χ1v) is 17.7. The highest BCUT2D eigenvalue weighted by molar-refractivity contribution is 5.80. The van der Waals surface area contributed by atoms with Crippen LogP contribution in [0.15, 0.2) is 103 Å². The van der Waals surface area contributed by atoms with Gasteiger partial charge in [-0.1, -0.05) is 136 Å². The summed E-state index contributed by atoms with van der Waals surface area (Å²) in [6.45, 7) is 5.07. The summed E-state index contributed by atoms with van der Waals surface area (Å²) in [6, 6.07) is 27.8. The first-order valence-electron chi connectivity index (χ1n) is 17.7. The lowest BCUT2D eigenvalue weighted by Crippen LogP contribution is -2.61. The summed E-state index contributed by atoms with van der Waals surface area (Å²) in [5.74, 6) is 2.29. The van der Waals surface area contributed by atoms with Crippen molar-refractivity contribution < 1.29 is 0 Å². The second-order valence-corrected chi connectivity index (χ2v) is 15.3. The van der Waals surface area contributed by atoms with E-state index in [-0.39, 0.29) is 23.9 Å². The molecule has 1 aliphatic heterocycles. The van der Waals surface area contributed by atoms with Crippen LogP contribution in [-0.4, -0.2) is 6.17 Å². The predicted octanol–water partition coefficient (Wildman–Crippen LogP) is 8.93. The van der Waals surface area contributed by atoms with Gasteiger partial charge < -0.3 is 0 Å². The minimum absolute atomic E-state index is 0.0650. The van der Waals surface area contributed by atoms with E-state index in [1.165, 1.54) is 60.8 Å². The van der Waals surface area contributed by atoms with E-state index in [0.717, 1.165) is 12.3 Å². The van der Waals surface area contributed by atoms with Crippen molar-refractivity contribution in [3.63, 3.8) is 0 Å². The molecule has 1 spiro atoms. The van der Waals surface area contributed by atoms with Crippen molar-refractivity contribution in [2.24, 2.45) is 17.8 Å². The maximum Gasteiger partial charge on any atom is 0.0862 e. The summed E-state index contributed by atoms with van der Waals surface area (Å²) < 4.78 is 0. The molecule has 3 N–H and O–H groups in total. The third-order valence-electron chi connectivity index (χ3n) is 12.8. The van der Waals surface area contributed by atoms with Crippen LogP contribution in [0.5, 0.6) is 0 Å². The van der Waals surface area contributed by atoms with E-state index >= 15 is 0 Å². The number of allylic oxidation sites excluding steroid dienone is 5. The van der Waals surface area contributed by atoms with E-state index in [9.17, 15) is 0 Å². The van der Waals surface area contributed by atoms with Gasteiger partial charge in [0.15, 0.2) is 0 Å². The monoisotopic (exact) mass is 593 g/mol. The van der Waals surface area contributed by atoms with E-state index in [1.54, 1.807) is 16.7 Å². The highest BCUT2D eigenvalue weighted by atomic mass is 15.4. The molecule has 7 atom stereocenters. The summed E-state index contributed by atoms with van der Waals surface area (Å²) in [7, 11) is 0. The molecule has 0 radical (unpaired) electrons. The van der Waals surface area contributed by atoms with E-state index in [4.69, 9.17) is 0 Å². The van der Waals surface area contributed by atoms with Gasteiger partial charge >= 0.3 is 0 Å². The molecule has 1 heterocycles. The van der Waals surface area contributed by atoms with Gasteiger partial charge in [0.25, 0.3) is 0 Å². The van der Waals surface area contributed by atoms with Gasteiger partial charge in [-0.25, -0.2) is 0 Å². The van der Waals surface area contributed by atoms with Crippen molar-refractivity contribution in [3.8, 4) is 0 Å². The lowest BCUT2D eigenvalue weighted by atomic mass is 9.58. The molecule has 5 aliphatic carbocycles. The van der Waals surface area contributed by atoms with Gasteiger partial charge in [-0.05, 0) is 87.3 Å². The van der Waals surface area contributed by atoms with Crippen molar-refractivity contribution in [2.45, 2.75) is 94.0 Å². The van der Waals surface area contributed by atoms with Crippen LogP contribution in [0.2, 0.25) is 0 Å². The average Bonchev–Trinajstić information content (AvgIpc) is 3.49. The normalized spacial score (nSPS) is 33.6. The average molecular weight is 594 g/mol. The molecule has 9 rings (SSSR count). The minimum atomic E-state index is 0.0650. The summed E-state index contributed by atoms with van der Waals surface area (Å²) >= 11 is 0. The third kappa shape index (κ3) is 4.34. The molecule has 3 aromatic carbocycles. The first-order chi connectivity index (χ1) is 22.0. The third-order valence-corrected chi connectivity index (χ3v) is 12.8. The Bertz CT molecular complexity index is 1690. The van der Waals surface area contributed by atoms with Crippen LogP contribution in [-0.2, 0) is 10.8 Å². The lowest BCUT2D eigenvalue weighted by molar-refractivity contribution is 0.158. The van der Waals surface area contributed by atoms with E-state index in [1.807, 2.05) is 0 Å². The molecular weight excluding hydrogens is 546 g/mol. The Kier molecular flexibility index (Phi) is 6.64. The smallest absolute Gasteiger partial charge is 0.0862 e. The fraction of sp³-hybridized carbons (Fsp3) is 0.429. The van der Waals surface area contributed by atoms with Crippen LogP contribution in [0.4, 0.5) is 0 Å². The maximum absolute atomic E-state index is 3.98. The van der Waals surface area contributed by atoms with E-state index < -0.39 is 0 Å². The first kappa shape index (κ1) is 28.0. The van der Waals surface area contributed by atoms with Crippen LogP contribution in [0, 0.1) is 17.8 Å². The van der Waals surface area contributed by atoms with Crippen molar-refractivity contribution in [1.29, 1.82) is 0 Å². The fourth-order valence-electron chi connectivity index (χ4n) is 10.6. The molecule has 230 valence electrons. The molecule has 0 bridgehead atoms. The van der Waals surface area contributed by atoms with E-state index in [0.29, 0.717) is 23.2 Å². The number of hydrogen-bond donors (Lipinski definition) is 3. The van der Waals surface area contributed by atoms with Crippen molar-refractivity contribution in [2.75, 3.05) is 0 Å². The quantitative estimate of drug-likeness (QED) is 0.284. The number of fused-ring (bicyclic) bond motifs is 8. The Morgan fingerprint density at radius 1 is 0.733 bits per heavy atom. The van der Waals surface area contributed by atoms with Crippen molar-refractivity contribution in [1.82, 2.24) is 16.0 Å². The molecule has 0 amide bonds. The van der Waals surface area contributed by atoms with Crippen LogP contribution in [0.1, 0.15) is 110 Å². The standard InChI is InChI=1S/C42H47N3/c1-41(2)35-24-29(40-44-38(27-14-6-3-7-15-27)43-39(45-40)28-16-8-4-9-17-28)20-21-31(35)32-25-33-30-18-10-11-19-34(30)42(22-12-5-13-23-42)37(33)26-36(32)41/h3-4,6-11,14-16,18-21,24-25,28,33,36-40,43-45H,5,12-13,17,22-23,26H2,1-2H3. The van der Waals surface area contributed by atoms with Gasteiger partial charge in [0, 0.05) is 11.8 Å². The van der Waals surface area contributed by atoms with Gasteiger partial charge in [-0.15, -0.1) is 0 Å². The Morgan fingerprint density at radius 3 is 2.31 bits per heavy atom. The Labute approximate surface area is 269 Å². The molecule has 1 saturated heterocycles. The highest BCUT2D eigenvalue weighted by Crippen LogP contribution is 2.66. The molecular formula is C42H47N3. The molecule has 3 nitrogen and oxygen atoms in total. The van der Waals surface area contributed by atoms with Gasteiger partial charge in [0.05, 0.1) is 18.5 Å². The summed E-state index contributed by atoms with van der Waals surface area (Å²) in [5.41, 5.74) is 11.1. The van der Waals surface area contributed by atoms with Crippen LogP contribution < -0.4 is 16.0 Å². The fourth-order valence-corrected chi connectivity index (χ4v) is 10.6. The second kappa shape index (κ2) is 10.7. The SMILES string of the molecule is CC1(C)c2cc(C3NC(c4ccccc4)NC(C4C=CC=CC4)N3)ccc2C2=CC3c4ccccc4C4(CCCCC4)C3CC21. The zero-order chi connectivity index (χ0) is 30.2. The highest BCUT2D eigenvalue weighted by Gasteiger charge is 2.57.